The number of hydrogen-bond donors (Lipinski definition) is 2. The van der Waals surface area contributed by atoms with Crippen molar-refractivity contribution in [3.05, 3.63) is 0 Å². The van der Waals surface area contributed by atoms with Crippen LogP contribution in [-0.4, -0.2) is 44.2 Å². The van der Waals surface area contributed by atoms with Crippen LogP contribution in [0.5, 0.6) is 0 Å². The Balaban J connectivity index is 0.00000256. The zero-order valence-electron chi connectivity index (χ0n) is 11.0. The van der Waals surface area contributed by atoms with Crippen molar-refractivity contribution in [2.75, 3.05) is 27.2 Å². The average Bonchev–Trinajstić information content (AvgIpc) is 2.52. The van der Waals surface area contributed by atoms with Gasteiger partial charge in [-0.1, -0.05) is 25.7 Å². The summed E-state index contributed by atoms with van der Waals surface area (Å²) in [6.45, 7) is 1.60. The van der Waals surface area contributed by atoms with Gasteiger partial charge in [-0.2, -0.15) is 0 Å². The van der Waals surface area contributed by atoms with Gasteiger partial charge in [0, 0.05) is 33.2 Å². The Morgan fingerprint density at radius 1 is 1.12 bits per heavy atom. The molecule has 102 valence electrons. The molecular weight excluding hydrogens is 238 g/mol. The van der Waals surface area contributed by atoms with Crippen molar-refractivity contribution in [2.24, 2.45) is 0 Å². The first-order valence-corrected chi connectivity index (χ1v) is 6.38. The van der Waals surface area contributed by atoms with Crippen molar-refractivity contribution in [2.45, 2.75) is 44.6 Å². The van der Waals surface area contributed by atoms with Crippen LogP contribution in [0.3, 0.4) is 0 Å². The average molecular weight is 264 g/mol. The lowest BCUT2D eigenvalue weighted by Gasteiger charge is -2.17. The summed E-state index contributed by atoms with van der Waals surface area (Å²) in [5, 5.41) is 6.38. The molecule has 2 amide bonds. The third-order valence-electron chi connectivity index (χ3n) is 3.10. The molecule has 0 bridgehead atoms. The summed E-state index contributed by atoms with van der Waals surface area (Å²) >= 11 is 0. The van der Waals surface area contributed by atoms with Crippen LogP contribution in [-0.2, 0) is 0 Å². The molecule has 1 saturated carbocycles. The fourth-order valence-corrected chi connectivity index (χ4v) is 2.09. The second kappa shape index (κ2) is 9.54. The number of carbonyl (C=O) groups is 1. The fourth-order valence-electron chi connectivity index (χ4n) is 2.09. The molecule has 0 atom stereocenters. The van der Waals surface area contributed by atoms with Gasteiger partial charge >= 0.3 is 6.03 Å². The highest BCUT2D eigenvalue weighted by molar-refractivity contribution is 5.85. The SMILES string of the molecule is CN(C)C(=O)NCCNC1CCCCCC1.Cl. The van der Waals surface area contributed by atoms with Crippen molar-refractivity contribution >= 4 is 18.4 Å². The van der Waals surface area contributed by atoms with E-state index < -0.39 is 0 Å². The van der Waals surface area contributed by atoms with Crippen LogP contribution < -0.4 is 10.6 Å². The fraction of sp³-hybridized carbons (Fsp3) is 0.917. The van der Waals surface area contributed by atoms with E-state index in [0.717, 1.165) is 6.54 Å². The topological polar surface area (TPSA) is 44.4 Å². The van der Waals surface area contributed by atoms with Gasteiger partial charge in [-0.3, -0.25) is 0 Å². The molecule has 0 saturated heterocycles. The van der Waals surface area contributed by atoms with Gasteiger partial charge in [-0.05, 0) is 12.8 Å². The summed E-state index contributed by atoms with van der Waals surface area (Å²) in [7, 11) is 3.52. The number of nitrogens with zero attached hydrogens (tertiary/aromatic N) is 1. The number of urea groups is 1. The summed E-state index contributed by atoms with van der Waals surface area (Å²) in [5.74, 6) is 0. The first-order valence-electron chi connectivity index (χ1n) is 6.38. The summed E-state index contributed by atoms with van der Waals surface area (Å²) in [6.07, 6.45) is 8.05. The smallest absolute Gasteiger partial charge is 0.316 e. The zero-order chi connectivity index (χ0) is 11.8. The number of carbonyl (C=O) groups excluding carboxylic acids is 1. The minimum Gasteiger partial charge on any atom is -0.337 e. The molecule has 0 heterocycles. The van der Waals surface area contributed by atoms with Gasteiger partial charge in [0.05, 0.1) is 0 Å². The van der Waals surface area contributed by atoms with Crippen LogP contribution in [0.2, 0.25) is 0 Å². The third kappa shape index (κ3) is 7.45. The van der Waals surface area contributed by atoms with Crippen LogP contribution in [0, 0.1) is 0 Å². The lowest BCUT2D eigenvalue weighted by atomic mass is 10.1. The highest BCUT2D eigenvalue weighted by atomic mass is 35.5. The molecule has 0 aromatic carbocycles. The van der Waals surface area contributed by atoms with Crippen LogP contribution in [0.1, 0.15) is 38.5 Å². The summed E-state index contributed by atoms with van der Waals surface area (Å²) in [6, 6.07) is 0.654. The molecule has 0 radical (unpaired) electrons. The molecule has 5 heteroatoms. The molecule has 0 spiro atoms. The predicted molar refractivity (Wildman–Crippen MR) is 73.8 cm³/mol. The van der Waals surface area contributed by atoms with Crippen LogP contribution in [0.15, 0.2) is 0 Å². The van der Waals surface area contributed by atoms with Crippen molar-refractivity contribution in [3.8, 4) is 0 Å². The lowest BCUT2D eigenvalue weighted by molar-refractivity contribution is 0.217. The Kier molecular flexibility index (Phi) is 9.27. The van der Waals surface area contributed by atoms with Crippen molar-refractivity contribution < 1.29 is 4.79 Å². The van der Waals surface area contributed by atoms with Gasteiger partial charge < -0.3 is 15.5 Å². The molecular formula is C12H26ClN3O. The van der Waals surface area contributed by atoms with Gasteiger partial charge in [0.15, 0.2) is 0 Å². The largest absolute Gasteiger partial charge is 0.337 e. The highest BCUT2D eigenvalue weighted by Gasteiger charge is 2.10. The van der Waals surface area contributed by atoms with Gasteiger partial charge in [-0.25, -0.2) is 4.79 Å². The van der Waals surface area contributed by atoms with E-state index in [9.17, 15) is 4.79 Å². The number of rotatable bonds is 4. The maximum Gasteiger partial charge on any atom is 0.316 e. The van der Waals surface area contributed by atoms with Crippen LogP contribution >= 0.6 is 12.4 Å². The number of amides is 2. The molecule has 0 aromatic heterocycles. The van der Waals surface area contributed by atoms with Crippen LogP contribution in [0.25, 0.3) is 0 Å². The van der Waals surface area contributed by atoms with E-state index in [1.54, 1.807) is 19.0 Å². The lowest BCUT2D eigenvalue weighted by Crippen LogP contribution is -2.40. The van der Waals surface area contributed by atoms with E-state index in [2.05, 4.69) is 10.6 Å². The Morgan fingerprint density at radius 2 is 1.71 bits per heavy atom. The first kappa shape index (κ1) is 16.5. The number of halogens is 1. The zero-order valence-corrected chi connectivity index (χ0v) is 11.8. The van der Waals surface area contributed by atoms with E-state index in [1.165, 1.54) is 38.5 Å². The van der Waals surface area contributed by atoms with E-state index in [0.29, 0.717) is 12.6 Å². The first-order chi connectivity index (χ1) is 7.70. The molecule has 1 aliphatic rings. The normalized spacial score (nSPS) is 16.8. The maximum atomic E-state index is 11.2. The molecule has 0 unspecified atom stereocenters. The predicted octanol–water partition coefficient (Wildman–Crippen LogP) is 1.99. The molecule has 0 aromatic rings. The molecule has 4 nitrogen and oxygen atoms in total. The summed E-state index contributed by atoms with van der Waals surface area (Å²) in [5.41, 5.74) is 0. The van der Waals surface area contributed by atoms with Gasteiger partial charge in [0.1, 0.15) is 0 Å². The van der Waals surface area contributed by atoms with Crippen molar-refractivity contribution in [1.29, 1.82) is 0 Å². The second-order valence-corrected chi connectivity index (χ2v) is 4.77. The van der Waals surface area contributed by atoms with E-state index in [4.69, 9.17) is 0 Å². The van der Waals surface area contributed by atoms with Gasteiger partial charge in [0.2, 0.25) is 0 Å². The molecule has 2 N–H and O–H groups in total. The van der Waals surface area contributed by atoms with Crippen LogP contribution in [0.4, 0.5) is 4.79 Å². The molecule has 0 aliphatic heterocycles. The monoisotopic (exact) mass is 263 g/mol. The molecule has 1 aliphatic carbocycles. The van der Waals surface area contributed by atoms with E-state index in [1.807, 2.05) is 0 Å². The van der Waals surface area contributed by atoms with E-state index in [-0.39, 0.29) is 18.4 Å². The Labute approximate surface area is 111 Å². The van der Waals surface area contributed by atoms with Crippen molar-refractivity contribution in [3.63, 3.8) is 0 Å². The minimum atomic E-state index is -0.0114. The Hall–Kier alpha value is -0.480. The van der Waals surface area contributed by atoms with E-state index >= 15 is 0 Å². The summed E-state index contributed by atoms with van der Waals surface area (Å²) < 4.78 is 0. The molecule has 1 rings (SSSR count). The summed E-state index contributed by atoms with van der Waals surface area (Å²) in [4.78, 5) is 12.8. The third-order valence-corrected chi connectivity index (χ3v) is 3.10. The highest BCUT2D eigenvalue weighted by Crippen LogP contribution is 2.16. The minimum absolute atomic E-state index is 0. The maximum absolute atomic E-state index is 11.2. The molecule has 17 heavy (non-hydrogen) atoms. The van der Waals surface area contributed by atoms with Crippen molar-refractivity contribution in [1.82, 2.24) is 15.5 Å². The second-order valence-electron chi connectivity index (χ2n) is 4.77. The Morgan fingerprint density at radius 3 is 2.24 bits per heavy atom. The molecule has 1 fully saturated rings. The number of hydrogen-bond acceptors (Lipinski definition) is 2. The Bertz CT molecular complexity index is 204. The number of nitrogens with one attached hydrogen (secondary N) is 2. The van der Waals surface area contributed by atoms with Gasteiger partial charge in [0.25, 0.3) is 0 Å². The standard InChI is InChI=1S/C12H25N3O.ClH/c1-15(2)12(16)14-10-9-13-11-7-5-3-4-6-8-11;/h11,13H,3-10H2,1-2H3,(H,14,16);1H. The van der Waals surface area contributed by atoms with Gasteiger partial charge in [-0.15, -0.1) is 12.4 Å². The quantitative estimate of drug-likeness (QED) is 0.602.